The second kappa shape index (κ2) is 4.57. The standard InChI is InChI=1S/C13H17N3O/c1-16(2)13(17)10-8-15-12(14)11(10)9-6-4-3-5-7-9/h3-7,10-11H,8H2,1-2H3,(H2,14,15). The van der Waals surface area contributed by atoms with Crippen LogP contribution in [0.1, 0.15) is 11.5 Å². The molecule has 4 nitrogen and oxygen atoms in total. The van der Waals surface area contributed by atoms with Gasteiger partial charge in [0.25, 0.3) is 0 Å². The summed E-state index contributed by atoms with van der Waals surface area (Å²) in [7, 11) is 3.53. The van der Waals surface area contributed by atoms with Crippen molar-refractivity contribution in [2.75, 3.05) is 20.6 Å². The summed E-state index contributed by atoms with van der Waals surface area (Å²) in [5, 5.41) is 0. The average molecular weight is 231 g/mol. The van der Waals surface area contributed by atoms with Crippen molar-refractivity contribution in [1.29, 1.82) is 0 Å². The molecule has 4 heteroatoms. The molecule has 1 aromatic rings. The van der Waals surface area contributed by atoms with Crippen molar-refractivity contribution in [3.63, 3.8) is 0 Å². The summed E-state index contributed by atoms with van der Waals surface area (Å²) >= 11 is 0. The molecular formula is C13H17N3O. The fourth-order valence-corrected chi connectivity index (χ4v) is 2.23. The van der Waals surface area contributed by atoms with E-state index in [4.69, 9.17) is 5.73 Å². The van der Waals surface area contributed by atoms with E-state index in [9.17, 15) is 4.79 Å². The van der Waals surface area contributed by atoms with Crippen LogP contribution in [-0.2, 0) is 4.79 Å². The Balaban J connectivity index is 2.29. The van der Waals surface area contributed by atoms with Crippen LogP contribution in [0.2, 0.25) is 0 Å². The lowest BCUT2D eigenvalue weighted by Crippen LogP contribution is -2.36. The summed E-state index contributed by atoms with van der Waals surface area (Å²) < 4.78 is 0. The molecule has 0 spiro atoms. The maximum atomic E-state index is 12.1. The highest BCUT2D eigenvalue weighted by molar-refractivity contribution is 5.96. The summed E-state index contributed by atoms with van der Waals surface area (Å²) in [6.45, 7) is 0.488. The van der Waals surface area contributed by atoms with Gasteiger partial charge in [-0.3, -0.25) is 9.79 Å². The lowest BCUT2D eigenvalue weighted by Gasteiger charge is -2.22. The number of nitrogens with two attached hydrogens (primary N) is 1. The zero-order valence-electron chi connectivity index (χ0n) is 10.1. The van der Waals surface area contributed by atoms with E-state index >= 15 is 0 Å². The van der Waals surface area contributed by atoms with E-state index in [0.29, 0.717) is 12.4 Å². The Morgan fingerprint density at radius 2 is 2.00 bits per heavy atom. The fourth-order valence-electron chi connectivity index (χ4n) is 2.23. The van der Waals surface area contributed by atoms with Gasteiger partial charge in [0, 0.05) is 14.1 Å². The molecule has 0 bridgehead atoms. The van der Waals surface area contributed by atoms with Gasteiger partial charge in [0.05, 0.1) is 18.4 Å². The van der Waals surface area contributed by atoms with Gasteiger partial charge in [-0.1, -0.05) is 30.3 Å². The number of nitrogens with zero attached hydrogens (tertiary/aromatic N) is 2. The Hall–Kier alpha value is -1.84. The third-order valence-corrected chi connectivity index (χ3v) is 3.11. The zero-order chi connectivity index (χ0) is 12.4. The predicted molar refractivity (Wildman–Crippen MR) is 67.9 cm³/mol. The number of amides is 1. The topological polar surface area (TPSA) is 58.7 Å². The number of hydrogen-bond donors (Lipinski definition) is 1. The summed E-state index contributed by atoms with van der Waals surface area (Å²) in [6.07, 6.45) is 0. The van der Waals surface area contributed by atoms with Crippen LogP contribution < -0.4 is 5.73 Å². The molecule has 0 aliphatic carbocycles. The van der Waals surface area contributed by atoms with Gasteiger partial charge in [0.15, 0.2) is 0 Å². The van der Waals surface area contributed by atoms with E-state index in [0.717, 1.165) is 5.56 Å². The van der Waals surface area contributed by atoms with Crippen LogP contribution in [0.25, 0.3) is 0 Å². The van der Waals surface area contributed by atoms with Gasteiger partial charge in [0.2, 0.25) is 5.91 Å². The Labute approximate surface area is 101 Å². The molecule has 0 aromatic heterocycles. The normalized spacial score (nSPS) is 23.3. The van der Waals surface area contributed by atoms with Gasteiger partial charge in [-0.2, -0.15) is 0 Å². The highest BCUT2D eigenvalue weighted by Crippen LogP contribution is 2.31. The minimum atomic E-state index is -0.160. The van der Waals surface area contributed by atoms with E-state index in [-0.39, 0.29) is 17.7 Å². The Bertz CT molecular complexity index is 439. The Morgan fingerprint density at radius 3 is 2.59 bits per heavy atom. The van der Waals surface area contributed by atoms with Gasteiger partial charge < -0.3 is 10.6 Å². The molecule has 1 amide bonds. The van der Waals surface area contributed by atoms with Crippen LogP contribution in [-0.4, -0.2) is 37.3 Å². The number of rotatable bonds is 2. The van der Waals surface area contributed by atoms with Crippen molar-refractivity contribution >= 4 is 11.7 Å². The minimum Gasteiger partial charge on any atom is -0.387 e. The van der Waals surface area contributed by atoms with Crippen LogP contribution >= 0.6 is 0 Å². The number of carbonyl (C=O) groups excluding carboxylic acids is 1. The summed E-state index contributed by atoms with van der Waals surface area (Å²) in [4.78, 5) is 17.9. The first-order chi connectivity index (χ1) is 8.11. The molecule has 2 atom stereocenters. The Kier molecular flexibility index (Phi) is 3.13. The van der Waals surface area contributed by atoms with Crippen molar-refractivity contribution in [1.82, 2.24) is 4.90 Å². The van der Waals surface area contributed by atoms with Crippen LogP contribution in [0.15, 0.2) is 35.3 Å². The van der Waals surface area contributed by atoms with Gasteiger partial charge in [-0.05, 0) is 5.56 Å². The van der Waals surface area contributed by atoms with Gasteiger partial charge in [0.1, 0.15) is 5.84 Å². The lowest BCUT2D eigenvalue weighted by atomic mass is 9.86. The third kappa shape index (κ3) is 2.16. The van der Waals surface area contributed by atoms with Crippen molar-refractivity contribution in [3.05, 3.63) is 35.9 Å². The maximum absolute atomic E-state index is 12.1. The third-order valence-electron chi connectivity index (χ3n) is 3.11. The molecule has 1 aromatic carbocycles. The van der Waals surface area contributed by atoms with Crippen LogP contribution in [0, 0.1) is 5.92 Å². The molecule has 17 heavy (non-hydrogen) atoms. The van der Waals surface area contributed by atoms with E-state index < -0.39 is 0 Å². The number of aliphatic imine (C=N–C) groups is 1. The SMILES string of the molecule is CN(C)C(=O)C1CN=C(N)C1c1ccccc1. The molecule has 1 heterocycles. The van der Waals surface area contributed by atoms with E-state index in [1.54, 1.807) is 19.0 Å². The average Bonchev–Trinajstić information content (AvgIpc) is 2.71. The predicted octanol–water partition coefficient (Wildman–Crippen LogP) is 0.845. The molecule has 0 fully saturated rings. The number of benzene rings is 1. The molecule has 2 rings (SSSR count). The summed E-state index contributed by atoms with van der Waals surface area (Å²) in [5.74, 6) is 0.415. The summed E-state index contributed by atoms with van der Waals surface area (Å²) in [6, 6.07) is 9.85. The fraction of sp³-hybridized carbons (Fsp3) is 0.385. The molecular weight excluding hydrogens is 214 g/mol. The highest BCUT2D eigenvalue weighted by Gasteiger charge is 2.37. The van der Waals surface area contributed by atoms with Crippen LogP contribution in [0.3, 0.4) is 0 Å². The van der Waals surface area contributed by atoms with Crippen LogP contribution in [0.4, 0.5) is 0 Å². The van der Waals surface area contributed by atoms with Crippen molar-refractivity contribution < 1.29 is 4.79 Å². The molecule has 0 radical (unpaired) electrons. The van der Waals surface area contributed by atoms with Crippen molar-refractivity contribution in [3.8, 4) is 0 Å². The summed E-state index contributed by atoms with van der Waals surface area (Å²) in [5.41, 5.74) is 6.98. The quantitative estimate of drug-likeness (QED) is 0.820. The molecule has 2 N–H and O–H groups in total. The second-order valence-electron chi connectivity index (χ2n) is 4.49. The number of amidine groups is 1. The smallest absolute Gasteiger partial charge is 0.228 e. The van der Waals surface area contributed by atoms with E-state index in [1.165, 1.54) is 0 Å². The highest BCUT2D eigenvalue weighted by atomic mass is 16.2. The first-order valence-corrected chi connectivity index (χ1v) is 5.67. The van der Waals surface area contributed by atoms with Gasteiger partial charge in [-0.25, -0.2) is 0 Å². The second-order valence-corrected chi connectivity index (χ2v) is 4.49. The van der Waals surface area contributed by atoms with Gasteiger partial charge in [-0.15, -0.1) is 0 Å². The molecule has 0 saturated carbocycles. The van der Waals surface area contributed by atoms with Gasteiger partial charge >= 0.3 is 0 Å². The van der Waals surface area contributed by atoms with Crippen LogP contribution in [0.5, 0.6) is 0 Å². The number of hydrogen-bond acceptors (Lipinski definition) is 3. The first-order valence-electron chi connectivity index (χ1n) is 5.67. The van der Waals surface area contributed by atoms with Crippen molar-refractivity contribution in [2.45, 2.75) is 5.92 Å². The number of carbonyl (C=O) groups is 1. The largest absolute Gasteiger partial charge is 0.387 e. The molecule has 90 valence electrons. The van der Waals surface area contributed by atoms with E-state index in [2.05, 4.69) is 4.99 Å². The first kappa shape index (κ1) is 11.6. The molecule has 0 saturated heterocycles. The minimum absolute atomic E-state index is 0.0777. The molecule has 1 aliphatic rings. The monoisotopic (exact) mass is 231 g/mol. The lowest BCUT2D eigenvalue weighted by molar-refractivity contribution is -0.132. The molecule has 1 aliphatic heterocycles. The zero-order valence-corrected chi connectivity index (χ0v) is 10.1. The molecule has 2 unspecified atom stereocenters. The van der Waals surface area contributed by atoms with Crippen molar-refractivity contribution in [2.24, 2.45) is 16.6 Å². The maximum Gasteiger partial charge on any atom is 0.228 e. The Morgan fingerprint density at radius 1 is 1.35 bits per heavy atom. The van der Waals surface area contributed by atoms with E-state index in [1.807, 2.05) is 30.3 Å².